The largest absolute Gasteiger partial charge is 0.371 e. The highest BCUT2D eigenvalue weighted by molar-refractivity contribution is 5.52. The van der Waals surface area contributed by atoms with Crippen LogP contribution in [0.15, 0.2) is 48.2 Å². The summed E-state index contributed by atoms with van der Waals surface area (Å²) in [5, 5.41) is 0. The van der Waals surface area contributed by atoms with Gasteiger partial charge in [0.25, 0.3) is 0 Å². The molecular formula is C17H25N. The molecule has 0 amide bonds. The van der Waals surface area contributed by atoms with Gasteiger partial charge in [0.1, 0.15) is 0 Å². The van der Waals surface area contributed by atoms with Crippen LogP contribution in [0.4, 0.5) is 0 Å². The van der Waals surface area contributed by atoms with E-state index in [-0.39, 0.29) is 0 Å². The summed E-state index contributed by atoms with van der Waals surface area (Å²) in [6, 6.07) is 10.5. The summed E-state index contributed by atoms with van der Waals surface area (Å²) in [5.41, 5.74) is 3.77. The van der Waals surface area contributed by atoms with Crippen LogP contribution in [0.5, 0.6) is 0 Å². The van der Waals surface area contributed by atoms with Crippen molar-refractivity contribution in [2.75, 3.05) is 13.1 Å². The molecule has 0 saturated carbocycles. The van der Waals surface area contributed by atoms with E-state index >= 15 is 0 Å². The van der Waals surface area contributed by atoms with Crippen LogP contribution < -0.4 is 0 Å². The molecule has 0 spiro atoms. The molecule has 98 valence electrons. The molecule has 0 aliphatic rings. The Bertz CT molecular complexity index is 401. The van der Waals surface area contributed by atoms with E-state index < -0.39 is 0 Å². The zero-order valence-electron chi connectivity index (χ0n) is 12.1. The zero-order valence-corrected chi connectivity index (χ0v) is 12.1. The summed E-state index contributed by atoms with van der Waals surface area (Å²) in [4.78, 5) is 2.35. The second-order valence-corrected chi connectivity index (χ2v) is 5.41. The number of benzene rings is 1. The van der Waals surface area contributed by atoms with E-state index in [1.165, 1.54) is 11.1 Å². The van der Waals surface area contributed by atoms with Crippen molar-refractivity contribution in [2.24, 2.45) is 5.92 Å². The Hall–Kier alpha value is -1.50. The highest BCUT2D eigenvalue weighted by Gasteiger charge is 2.07. The predicted octanol–water partition coefficient (Wildman–Crippen LogP) is 4.58. The van der Waals surface area contributed by atoms with Crippen LogP contribution in [0.1, 0.15) is 33.3 Å². The van der Waals surface area contributed by atoms with Gasteiger partial charge < -0.3 is 4.90 Å². The molecule has 0 bridgehead atoms. The minimum atomic E-state index is 0.659. The van der Waals surface area contributed by atoms with Crippen LogP contribution in [-0.2, 0) is 0 Å². The van der Waals surface area contributed by atoms with E-state index in [9.17, 15) is 0 Å². The number of hydrogen-bond acceptors (Lipinski definition) is 1. The first-order chi connectivity index (χ1) is 8.49. The molecule has 1 rings (SSSR count). The van der Waals surface area contributed by atoms with Gasteiger partial charge in [-0.15, -0.1) is 0 Å². The van der Waals surface area contributed by atoms with E-state index in [0.29, 0.717) is 5.92 Å². The van der Waals surface area contributed by atoms with Crippen molar-refractivity contribution in [1.82, 2.24) is 4.90 Å². The molecule has 18 heavy (non-hydrogen) atoms. The fraction of sp³-hybridized carbons (Fsp3) is 0.412. The Morgan fingerprint density at radius 3 is 2.33 bits per heavy atom. The summed E-state index contributed by atoms with van der Waals surface area (Å²) in [6.45, 7) is 14.8. The van der Waals surface area contributed by atoms with Crippen molar-refractivity contribution >= 4 is 6.08 Å². The lowest BCUT2D eigenvalue weighted by Crippen LogP contribution is -2.27. The van der Waals surface area contributed by atoms with Crippen molar-refractivity contribution in [2.45, 2.75) is 27.7 Å². The first-order valence-corrected chi connectivity index (χ1v) is 6.61. The quantitative estimate of drug-likeness (QED) is 0.707. The second kappa shape index (κ2) is 7.05. The van der Waals surface area contributed by atoms with Crippen LogP contribution in [0.2, 0.25) is 0 Å². The second-order valence-electron chi connectivity index (χ2n) is 5.41. The minimum Gasteiger partial charge on any atom is -0.371 e. The smallest absolute Gasteiger partial charge is 0.0386 e. The number of rotatable bonds is 6. The molecule has 0 aliphatic carbocycles. The van der Waals surface area contributed by atoms with Crippen molar-refractivity contribution in [3.8, 4) is 0 Å². The molecule has 0 radical (unpaired) electrons. The van der Waals surface area contributed by atoms with Gasteiger partial charge in [-0.05, 0) is 25.3 Å². The van der Waals surface area contributed by atoms with Gasteiger partial charge in [0.05, 0.1) is 0 Å². The normalized spacial score (nSPS) is 11.7. The Balaban J connectivity index is 2.69. The van der Waals surface area contributed by atoms with Gasteiger partial charge in [-0.25, -0.2) is 0 Å². The lowest BCUT2D eigenvalue weighted by Gasteiger charge is -2.27. The van der Waals surface area contributed by atoms with E-state index in [1.54, 1.807) is 0 Å². The Morgan fingerprint density at radius 2 is 1.83 bits per heavy atom. The Morgan fingerprint density at radius 1 is 1.22 bits per heavy atom. The molecule has 0 heterocycles. The first-order valence-electron chi connectivity index (χ1n) is 6.61. The maximum Gasteiger partial charge on any atom is 0.0386 e. The molecule has 0 aromatic heterocycles. The Kier molecular flexibility index (Phi) is 5.70. The molecule has 1 aromatic rings. The van der Waals surface area contributed by atoms with E-state index in [4.69, 9.17) is 0 Å². The van der Waals surface area contributed by atoms with Gasteiger partial charge in [-0.1, -0.05) is 62.4 Å². The van der Waals surface area contributed by atoms with E-state index in [0.717, 1.165) is 18.8 Å². The minimum absolute atomic E-state index is 0.659. The molecular weight excluding hydrogens is 218 g/mol. The fourth-order valence-corrected chi connectivity index (χ4v) is 1.98. The summed E-state index contributed by atoms with van der Waals surface area (Å²) >= 11 is 0. The van der Waals surface area contributed by atoms with Gasteiger partial charge in [0.15, 0.2) is 0 Å². The maximum atomic E-state index is 4.07. The van der Waals surface area contributed by atoms with Gasteiger partial charge in [-0.2, -0.15) is 0 Å². The zero-order chi connectivity index (χ0) is 13.5. The summed E-state index contributed by atoms with van der Waals surface area (Å²) < 4.78 is 0. The third-order valence-electron chi connectivity index (χ3n) is 2.78. The third-order valence-corrected chi connectivity index (χ3v) is 2.78. The molecule has 1 heteroatoms. The van der Waals surface area contributed by atoms with Crippen molar-refractivity contribution in [1.29, 1.82) is 0 Å². The van der Waals surface area contributed by atoms with Crippen LogP contribution in [0, 0.1) is 5.92 Å². The number of hydrogen-bond donors (Lipinski definition) is 0. The summed E-state index contributed by atoms with van der Waals surface area (Å²) in [7, 11) is 0. The monoisotopic (exact) mass is 243 g/mol. The molecule has 0 unspecified atom stereocenters. The average molecular weight is 243 g/mol. The topological polar surface area (TPSA) is 3.24 Å². The number of nitrogens with zero attached hydrogens (tertiary/aromatic N) is 1. The number of allylic oxidation sites excluding steroid dienone is 1. The third kappa shape index (κ3) is 5.22. The van der Waals surface area contributed by atoms with Gasteiger partial charge in [0, 0.05) is 18.8 Å². The lowest BCUT2D eigenvalue weighted by molar-refractivity contribution is 0.328. The van der Waals surface area contributed by atoms with Crippen LogP contribution in [0.25, 0.3) is 6.08 Å². The van der Waals surface area contributed by atoms with Gasteiger partial charge in [-0.3, -0.25) is 0 Å². The summed E-state index contributed by atoms with van der Waals surface area (Å²) in [5.74, 6) is 0.659. The van der Waals surface area contributed by atoms with Crippen LogP contribution in [-0.4, -0.2) is 18.0 Å². The van der Waals surface area contributed by atoms with Crippen molar-refractivity contribution in [3.05, 3.63) is 53.7 Å². The maximum absolute atomic E-state index is 4.07. The highest BCUT2D eigenvalue weighted by atomic mass is 15.1. The van der Waals surface area contributed by atoms with Crippen LogP contribution >= 0.6 is 0 Å². The van der Waals surface area contributed by atoms with Crippen molar-refractivity contribution < 1.29 is 0 Å². The van der Waals surface area contributed by atoms with Crippen molar-refractivity contribution in [3.63, 3.8) is 0 Å². The lowest BCUT2D eigenvalue weighted by atomic mass is 10.1. The molecule has 0 N–H and O–H groups in total. The van der Waals surface area contributed by atoms with Crippen LogP contribution in [0.3, 0.4) is 0 Å². The molecule has 0 atom stereocenters. The molecule has 0 aliphatic heterocycles. The predicted molar refractivity (Wildman–Crippen MR) is 81.3 cm³/mol. The average Bonchev–Trinajstić information content (AvgIpc) is 2.28. The SMILES string of the molecule is C=C(C)N(C/C(C)=C\c1ccccc1)CC(C)C. The standard InChI is InChI=1S/C17H25N/c1-14(2)12-18(15(3)4)13-16(5)11-17-9-7-6-8-10-17/h6-11,14H,3,12-13H2,1-2,4-5H3/b16-11-. The fourth-order valence-electron chi connectivity index (χ4n) is 1.98. The molecule has 1 aromatic carbocycles. The Labute approximate surface area is 112 Å². The highest BCUT2D eigenvalue weighted by Crippen LogP contribution is 2.12. The van der Waals surface area contributed by atoms with Gasteiger partial charge in [0.2, 0.25) is 0 Å². The molecule has 1 nitrogen and oxygen atoms in total. The first kappa shape index (κ1) is 14.6. The van der Waals surface area contributed by atoms with E-state index in [1.807, 2.05) is 6.07 Å². The molecule has 0 fully saturated rings. The van der Waals surface area contributed by atoms with E-state index in [2.05, 4.69) is 69.5 Å². The molecule has 0 saturated heterocycles. The van der Waals surface area contributed by atoms with Gasteiger partial charge >= 0.3 is 0 Å². The summed E-state index contributed by atoms with van der Waals surface area (Å²) in [6.07, 6.45) is 2.25.